The molecule has 0 aliphatic heterocycles. The Morgan fingerprint density at radius 2 is 0.460 bits per heavy atom. The first kappa shape index (κ1) is 43.8. The molecule has 0 radical (unpaired) electrons. The van der Waals surface area contributed by atoms with Gasteiger partial charge in [-0.25, -0.2) is 0 Å². The molecule has 0 saturated carbocycles. The summed E-state index contributed by atoms with van der Waals surface area (Å²) in [6.45, 7) is 0. The summed E-state index contributed by atoms with van der Waals surface area (Å²) in [4.78, 5) is 16.5. The molecule has 0 atom stereocenters. The van der Waals surface area contributed by atoms with Gasteiger partial charge in [-0.15, -0.1) is 23.2 Å². The van der Waals surface area contributed by atoms with Gasteiger partial charge in [0.05, 0.1) is 31.4 Å². The average Bonchev–Trinajstić information content (AvgIpc) is 3.12. The molecule has 50 heavy (non-hydrogen) atoms. The van der Waals surface area contributed by atoms with Crippen LogP contribution in [-0.2, 0) is 20.4 Å². The van der Waals surface area contributed by atoms with Crippen LogP contribution in [0.25, 0.3) is 0 Å². The van der Waals surface area contributed by atoms with Gasteiger partial charge in [0, 0.05) is 0 Å². The van der Waals surface area contributed by atoms with Gasteiger partial charge in [-0.3, -0.25) is 0 Å². The van der Waals surface area contributed by atoms with Crippen molar-refractivity contribution in [2.45, 2.75) is 0 Å². The minimum absolute atomic E-state index is 0. The third-order valence-corrected chi connectivity index (χ3v) is 11.8. The molecule has 0 bridgehead atoms. The van der Waals surface area contributed by atoms with Crippen molar-refractivity contribution < 1.29 is 30.6 Å². The number of halogens is 2. The topological polar surface area (TPSA) is 132 Å². The third-order valence-electron chi connectivity index (χ3n) is 6.37. The Bertz CT molecular complexity index is 1410. The molecule has 260 valence electrons. The molecule has 0 unspecified atom stereocenters. The van der Waals surface area contributed by atoms with E-state index in [0.29, 0.717) is 0 Å². The van der Waals surface area contributed by atoms with Crippen molar-refractivity contribution in [2.75, 3.05) is 5.34 Å². The zero-order chi connectivity index (χ0) is 35.7. The van der Waals surface area contributed by atoms with Crippen molar-refractivity contribution in [2.24, 2.45) is 0 Å². The molecule has 0 aromatic heterocycles. The van der Waals surface area contributed by atoms with Crippen LogP contribution in [0.3, 0.4) is 0 Å². The van der Waals surface area contributed by atoms with E-state index < -0.39 is 26.0 Å². The SMILES string of the molecule is ClCCl.O=[N+]([O-])[O-].O=[N+]([O-])[O-].[Pd+2].c1ccc([PH+](c2ccccc2)c2ccccc2)cc1.c1ccc([PH+](c2ccccc2)c2ccccc2)cc1. The first-order valence-electron chi connectivity index (χ1n) is 14.6. The van der Waals surface area contributed by atoms with E-state index in [4.69, 9.17) is 53.8 Å². The van der Waals surface area contributed by atoms with Crippen LogP contribution >= 0.6 is 39.0 Å². The van der Waals surface area contributed by atoms with Crippen molar-refractivity contribution in [3.05, 3.63) is 213 Å². The molecule has 0 spiro atoms. The second-order valence-electron chi connectivity index (χ2n) is 9.49. The number of rotatable bonds is 6. The van der Waals surface area contributed by atoms with E-state index >= 15 is 0 Å². The largest absolute Gasteiger partial charge is 2.00 e. The van der Waals surface area contributed by atoms with Crippen LogP contribution in [0.2, 0.25) is 0 Å². The maximum Gasteiger partial charge on any atom is 2.00 e. The quantitative estimate of drug-likeness (QED) is 0.0569. The van der Waals surface area contributed by atoms with Crippen LogP contribution in [0.5, 0.6) is 0 Å². The van der Waals surface area contributed by atoms with Crippen molar-refractivity contribution in [1.29, 1.82) is 0 Å². The molecule has 0 heterocycles. The average molecular weight is 842 g/mol. The number of benzene rings is 6. The Morgan fingerprint density at radius 3 is 0.560 bits per heavy atom. The van der Waals surface area contributed by atoms with E-state index in [1.807, 2.05) is 0 Å². The van der Waals surface area contributed by atoms with Crippen LogP contribution in [-0.4, -0.2) is 15.5 Å². The molecule has 0 N–H and O–H groups in total. The van der Waals surface area contributed by atoms with Crippen LogP contribution in [0.4, 0.5) is 0 Å². The number of hydrogen-bond acceptors (Lipinski definition) is 6. The number of nitrogens with zero attached hydrogens (tertiary/aromatic N) is 2. The summed E-state index contributed by atoms with van der Waals surface area (Å²) in [5.41, 5.74) is 0. The summed E-state index contributed by atoms with van der Waals surface area (Å²) >= 11 is 9.53. The molecule has 6 aromatic rings. The molecule has 6 rings (SSSR count). The van der Waals surface area contributed by atoms with E-state index in [2.05, 4.69) is 182 Å². The predicted molar refractivity (Wildman–Crippen MR) is 210 cm³/mol. The first-order chi connectivity index (χ1) is 23.8. The maximum atomic E-state index is 8.25. The van der Waals surface area contributed by atoms with E-state index in [1.54, 1.807) is 0 Å². The van der Waals surface area contributed by atoms with Gasteiger partial charge in [-0.2, -0.15) is 0 Å². The normalized spacial score (nSPS) is 9.36. The van der Waals surface area contributed by atoms with Crippen LogP contribution in [0.1, 0.15) is 0 Å². The molecule has 0 amide bonds. The van der Waals surface area contributed by atoms with E-state index in [1.165, 1.54) is 31.8 Å². The van der Waals surface area contributed by atoms with Crippen molar-refractivity contribution in [3.63, 3.8) is 0 Å². The maximum absolute atomic E-state index is 8.25. The summed E-state index contributed by atoms with van der Waals surface area (Å²) < 4.78 is 0. The van der Waals surface area contributed by atoms with E-state index in [9.17, 15) is 0 Å². The van der Waals surface area contributed by atoms with Gasteiger partial charge in [0.1, 0.15) is 31.8 Å². The minimum Gasteiger partial charge on any atom is -0.356 e. The monoisotopic (exact) mass is 840 g/mol. The van der Waals surface area contributed by atoms with Gasteiger partial charge in [0.2, 0.25) is 0 Å². The van der Waals surface area contributed by atoms with Gasteiger partial charge in [0.15, 0.2) is 0 Å². The van der Waals surface area contributed by atoms with Crippen molar-refractivity contribution in [1.82, 2.24) is 0 Å². The summed E-state index contributed by atoms with van der Waals surface area (Å²) in [5.74, 6) is 0. The van der Waals surface area contributed by atoms with Gasteiger partial charge in [-0.1, -0.05) is 109 Å². The Balaban J connectivity index is 0.000000382. The second-order valence-corrected chi connectivity index (χ2v) is 15.3. The standard InChI is InChI=1S/2C18H15P.CH2Cl2.2NO3.Pd/c2*1-4-10-16(11-5-1)19(17-12-6-2-7-13-17)18-14-8-3-9-15-18;2-1-3;2*2-1(3)4;/h2*1-15H;1H2;;;/q;;;2*-1;+2/p+2. The Kier molecular flexibility index (Phi) is 23.4. The molecular formula is C37H34Cl2N2O6P2Pd+2. The molecule has 0 aliphatic carbocycles. The van der Waals surface area contributed by atoms with Gasteiger partial charge in [-0.05, 0) is 72.8 Å². The first-order valence-corrected chi connectivity index (χ1v) is 18.7. The fraction of sp³-hybridized carbons (Fsp3) is 0.0270. The Morgan fingerprint density at radius 1 is 0.360 bits per heavy atom. The van der Waals surface area contributed by atoms with Gasteiger partial charge < -0.3 is 30.6 Å². The zero-order valence-electron chi connectivity index (χ0n) is 26.4. The number of hydrogen-bond donors (Lipinski definition) is 0. The number of alkyl halides is 2. The van der Waals surface area contributed by atoms with Crippen LogP contribution < -0.4 is 31.8 Å². The zero-order valence-corrected chi connectivity index (χ0v) is 31.5. The van der Waals surface area contributed by atoms with Gasteiger partial charge in [0.25, 0.3) is 0 Å². The summed E-state index contributed by atoms with van der Waals surface area (Å²) in [5, 5.41) is 38.3. The van der Waals surface area contributed by atoms with Crippen molar-refractivity contribution >= 4 is 70.9 Å². The fourth-order valence-electron chi connectivity index (χ4n) is 4.63. The minimum atomic E-state index is -1.75. The summed E-state index contributed by atoms with van der Waals surface area (Å²) in [6.07, 6.45) is 0. The van der Waals surface area contributed by atoms with Crippen molar-refractivity contribution in [3.8, 4) is 0 Å². The van der Waals surface area contributed by atoms with E-state index in [0.717, 1.165) is 0 Å². The second kappa shape index (κ2) is 26.7. The third kappa shape index (κ3) is 17.5. The molecule has 13 heteroatoms. The Labute approximate surface area is 317 Å². The molecular weight excluding hydrogens is 808 g/mol. The van der Waals surface area contributed by atoms with Crippen LogP contribution in [0.15, 0.2) is 182 Å². The molecule has 6 aromatic carbocycles. The van der Waals surface area contributed by atoms with Gasteiger partial charge >= 0.3 is 20.4 Å². The fourth-order valence-corrected chi connectivity index (χ4v) is 9.78. The summed E-state index contributed by atoms with van der Waals surface area (Å²) in [6, 6.07) is 65.0. The summed E-state index contributed by atoms with van der Waals surface area (Å²) in [7, 11) is -1.75. The molecule has 0 fully saturated rings. The van der Waals surface area contributed by atoms with Crippen LogP contribution in [0, 0.1) is 30.6 Å². The predicted octanol–water partition coefficient (Wildman–Crippen LogP) is 7.30. The van der Waals surface area contributed by atoms with E-state index in [-0.39, 0.29) is 25.8 Å². The Hall–Kier alpha value is -4.18. The molecule has 0 aliphatic rings. The smallest absolute Gasteiger partial charge is 0.356 e. The molecule has 0 saturated heterocycles. The molecule has 8 nitrogen and oxygen atoms in total.